The molecular formula is C23H23ClFNO4. The molecule has 3 aromatic rings. The minimum atomic E-state index is -1.33. The zero-order chi connectivity index (χ0) is 22.0. The van der Waals surface area contributed by atoms with E-state index in [1.54, 1.807) is 34.9 Å². The molecule has 0 radical (unpaired) electrons. The third-order valence-corrected chi connectivity index (χ3v) is 5.89. The Labute approximate surface area is 178 Å². The minimum absolute atomic E-state index is 0.0168. The number of halogens is 2. The SMILES string of the molecule is CC[C@H](C)[C@@H](CO)n1cc(C(=O)O)c(=O)c2cc(Cc3cccc(Cl)c3F)ccc21. The van der Waals surface area contributed by atoms with E-state index < -0.39 is 17.2 Å². The predicted molar refractivity (Wildman–Crippen MR) is 115 cm³/mol. The number of aromatic nitrogens is 1. The van der Waals surface area contributed by atoms with Gasteiger partial charge in [0.2, 0.25) is 5.43 Å². The van der Waals surface area contributed by atoms with Crippen LogP contribution in [0.5, 0.6) is 0 Å². The lowest BCUT2D eigenvalue weighted by Gasteiger charge is -2.26. The molecule has 0 aliphatic carbocycles. The fourth-order valence-corrected chi connectivity index (χ4v) is 3.85. The molecule has 2 aromatic carbocycles. The van der Waals surface area contributed by atoms with E-state index in [1.165, 1.54) is 12.3 Å². The van der Waals surface area contributed by atoms with Gasteiger partial charge >= 0.3 is 5.97 Å². The van der Waals surface area contributed by atoms with Crippen molar-refractivity contribution >= 4 is 28.5 Å². The van der Waals surface area contributed by atoms with E-state index >= 15 is 0 Å². The van der Waals surface area contributed by atoms with Crippen molar-refractivity contribution in [2.45, 2.75) is 32.7 Å². The molecular weight excluding hydrogens is 409 g/mol. The number of carboxylic acid groups (broad SMARTS) is 1. The summed E-state index contributed by atoms with van der Waals surface area (Å²) < 4.78 is 16.0. The van der Waals surface area contributed by atoms with Crippen LogP contribution in [0.1, 0.15) is 47.8 Å². The third-order valence-electron chi connectivity index (χ3n) is 5.60. The molecule has 3 rings (SSSR count). The van der Waals surface area contributed by atoms with Gasteiger partial charge in [0.05, 0.1) is 23.2 Å². The smallest absolute Gasteiger partial charge is 0.341 e. The summed E-state index contributed by atoms with van der Waals surface area (Å²) in [6.45, 7) is 3.75. The van der Waals surface area contributed by atoms with Crippen molar-refractivity contribution < 1.29 is 19.4 Å². The van der Waals surface area contributed by atoms with Crippen LogP contribution in [-0.4, -0.2) is 27.4 Å². The number of nitrogens with zero attached hydrogens (tertiary/aromatic N) is 1. The monoisotopic (exact) mass is 431 g/mol. The van der Waals surface area contributed by atoms with Gasteiger partial charge in [0.15, 0.2) is 0 Å². The molecule has 2 atom stereocenters. The van der Waals surface area contributed by atoms with Gasteiger partial charge in [-0.15, -0.1) is 0 Å². The number of benzene rings is 2. The molecule has 5 nitrogen and oxygen atoms in total. The molecule has 2 N–H and O–H groups in total. The average Bonchev–Trinajstić information content (AvgIpc) is 2.73. The first kappa shape index (κ1) is 22.0. The van der Waals surface area contributed by atoms with Gasteiger partial charge < -0.3 is 14.8 Å². The van der Waals surface area contributed by atoms with Crippen molar-refractivity contribution in [3.63, 3.8) is 0 Å². The molecule has 0 amide bonds. The van der Waals surface area contributed by atoms with Crippen molar-refractivity contribution in [2.75, 3.05) is 6.61 Å². The van der Waals surface area contributed by atoms with Gasteiger partial charge in [0.1, 0.15) is 11.4 Å². The molecule has 0 bridgehead atoms. The molecule has 0 saturated carbocycles. The van der Waals surface area contributed by atoms with Gasteiger partial charge in [-0.25, -0.2) is 9.18 Å². The third kappa shape index (κ3) is 4.11. The Hall–Kier alpha value is -2.70. The molecule has 1 aromatic heterocycles. The average molecular weight is 432 g/mol. The topological polar surface area (TPSA) is 79.5 Å². The zero-order valence-corrected chi connectivity index (χ0v) is 17.5. The largest absolute Gasteiger partial charge is 0.477 e. The molecule has 158 valence electrons. The Morgan fingerprint density at radius 2 is 2.00 bits per heavy atom. The van der Waals surface area contributed by atoms with Gasteiger partial charge in [-0.05, 0) is 35.2 Å². The van der Waals surface area contributed by atoms with Crippen molar-refractivity contribution in [1.82, 2.24) is 4.57 Å². The number of hydrogen-bond acceptors (Lipinski definition) is 3. The molecule has 0 fully saturated rings. The Morgan fingerprint density at radius 3 is 2.63 bits per heavy atom. The molecule has 0 unspecified atom stereocenters. The molecule has 0 spiro atoms. The normalized spacial score (nSPS) is 13.4. The summed E-state index contributed by atoms with van der Waals surface area (Å²) in [6, 6.07) is 9.41. The Bertz CT molecular complexity index is 1160. The molecule has 0 aliphatic heterocycles. The number of aromatic carboxylic acids is 1. The lowest BCUT2D eigenvalue weighted by molar-refractivity contribution is 0.0694. The Balaban J connectivity index is 2.20. The maximum absolute atomic E-state index is 14.3. The highest BCUT2D eigenvalue weighted by Crippen LogP contribution is 2.27. The molecule has 30 heavy (non-hydrogen) atoms. The van der Waals surface area contributed by atoms with Crippen molar-refractivity contribution in [1.29, 1.82) is 0 Å². The van der Waals surface area contributed by atoms with Crippen molar-refractivity contribution in [2.24, 2.45) is 5.92 Å². The first-order valence-corrected chi connectivity index (χ1v) is 10.1. The van der Waals surface area contributed by atoms with Crippen molar-refractivity contribution in [3.05, 3.63) is 80.3 Å². The second kappa shape index (κ2) is 8.98. The van der Waals surface area contributed by atoms with Crippen LogP contribution >= 0.6 is 11.6 Å². The van der Waals surface area contributed by atoms with Gasteiger partial charge in [-0.2, -0.15) is 0 Å². The second-order valence-corrected chi connectivity index (χ2v) is 7.87. The summed E-state index contributed by atoms with van der Waals surface area (Å²) in [5.41, 5.74) is 0.585. The highest BCUT2D eigenvalue weighted by atomic mass is 35.5. The first-order chi connectivity index (χ1) is 14.3. The lowest BCUT2D eigenvalue weighted by Crippen LogP contribution is -2.26. The zero-order valence-electron chi connectivity index (χ0n) is 16.7. The summed E-state index contributed by atoms with van der Waals surface area (Å²) in [4.78, 5) is 24.5. The lowest BCUT2D eigenvalue weighted by atomic mass is 9.97. The predicted octanol–water partition coefficient (Wildman–Crippen LogP) is 4.66. The summed E-state index contributed by atoms with van der Waals surface area (Å²) in [5, 5.41) is 19.7. The maximum atomic E-state index is 14.3. The highest BCUT2D eigenvalue weighted by Gasteiger charge is 2.22. The van der Waals surface area contributed by atoms with Gasteiger partial charge in [-0.1, -0.05) is 50.1 Å². The van der Waals surface area contributed by atoms with Gasteiger partial charge in [0.25, 0.3) is 0 Å². The quantitative estimate of drug-likeness (QED) is 0.570. The first-order valence-electron chi connectivity index (χ1n) is 9.73. The van der Waals surface area contributed by atoms with Gasteiger partial charge in [0, 0.05) is 18.0 Å². The van der Waals surface area contributed by atoms with E-state index in [-0.39, 0.29) is 41.0 Å². The number of pyridine rings is 1. The van der Waals surface area contributed by atoms with Crippen LogP contribution in [0.4, 0.5) is 4.39 Å². The van der Waals surface area contributed by atoms with E-state index in [0.29, 0.717) is 16.6 Å². The number of aliphatic hydroxyl groups is 1. The van der Waals surface area contributed by atoms with Crippen LogP contribution in [0.2, 0.25) is 5.02 Å². The second-order valence-electron chi connectivity index (χ2n) is 7.46. The number of rotatable bonds is 7. The Kier molecular flexibility index (Phi) is 6.58. The molecule has 0 aliphatic rings. The number of carbonyl (C=O) groups is 1. The summed E-state index contributed by atoms with van der Waals surface area (Å²) in [5.74, 6) is -1.79. The number of hydrogen-bond donors (Lipinski definition) is 2. The van der Waals surface area contributed by atoms with Gasteiger partial charge in [-0.3, -0.25) is 4.79 Å². The van der Waals surface area contributed by atoms with E-state index in [0.717, 1.165) is 6.42 Å². The van der Waals surface area contributed by atoms with Crippen LogP contribution in [-0.2, 0) is 6.42 Å². The highest BCUT2D eigenvalue weighted by molar-refractivity contribution is 6.30. The summed E-state index contributed by atoms with van der Waals surface area (Å²) in [6.07, 6.45) is 2.28. The van der Waals surface area contributed by atoms with E-state index in [1.807, 2.05) is 13.8 Å². The van der Waals surface area contributed by atoms with Crippen LogP contribution in [0.25, 0.3) is 10.9 Å². The van der Waals surface area contributed by atoms with Crippen molar-refractivity contribution in [3.8, 4) is 0 Å². The van der Waals surface area contributed by atoms with Crippen LogP contribution in [0.15, 0.2) is 47.4 Å². The number of carboxylic acids is 1. The van der Waals surface area contributed by atoms with Crippen LogP contribution in [0, 0.1) is 11.7 Å². The fourth-order valence-electron chi connectivity index (χ4n) is 3.66. The minimum Gasteiger partial charge on any atom is -0.477 e. The number of fused-ring (bicyclic) bond motifs is 1. The molecule has 1 heterocycles. The van der Waals surface area contributed by atoms with E-state index in [9.17, 15) is 24.2 Å². The molecule has 0 saturated heterocycles. The summed E-state index contributed by atoms with van der Waals surface area (Å²) in [7, 11) is 0. The molecule has 7 heteroatoms. The van der Waals surface area contributed by atoms with Crippen LogP contribution in [0.3, 0.4) is 0 Å². The summed E-state index contributed by atoms with van der Waals surface area (Å²) >= 11 is 5.85. The Morgan fingerprint density at radius 1 is 1.27 bits per heavy atom. The van der Waals surface area contributed by atoms with E-state index in [4.69, 9.17) is 11.6 Å². The standard InChI is InChI=1S/C23H23ClFNO4/c1-3-13(2)20(12-27)26-11-17(23(29)30)22(28)16-10-14(7-8-19(16)26)9-15-5-4-6-18(24)21(15)25/h4-8,10-11,13,20,27H,3,9,12H2,1-2H3,(H,29,30)/t13-,20+/m0/s1. The van der Waals surface area contributed by atoms with Crippen LogP contribution < -0.4 is 5.43 Å². The number of aliphatic hydroxyl groups excluding tert-OH is 1. The maximum Gasteiger partial charge on any atom is 0.341 e. The van der Waals surface area contributed by atoms with E-state index in [2.05, 4.69) is 0 Å². The fraction of sp³-hybridized carbons (Fsp3) is 0.304.